The van der Waals surface area contributed by atoms with Crippen LogP contribution in [0.2, 0.25) is 0 Å². The second kappa shape index (κ2) is 11.1. The molecule has 0 aromatic heterocycles. The summed E-state index contributed by atoms with van der Waals surface area (Å²) in [4.78, 5) is 35.3. The Morgan fingerprint density at radius 2 is 1.60 bits per heavy atom. The number of ketones is 1. The van der Waals surface area contributed by atoms with Gasteiger partial charge >= 0.3 is 11.9 Å². The molecule has 0 aliphatic carbocycles. The summed E-state index contributed by atoms with van der Waals surface area (Å²) in [6.07, 6.45) is 1.18. The van der Waals surface area contributed by atoms with Crippen LogP contribution in [0.25, 0.3) is 0 Å². The number of aliphatic carboxylic acids is 2. The Hall–Kier alpha value is -2.47. The highest BCUT2D eigenvalue weighted by atomic mass is 16.5. The molecule has 0 radical (unpaired) electrons. The monoisotopic (exact) mass is 350 g/mol. The van der Waals surface area contributed by atoms with Crippen molar-refractivity contribution in [3.8, 4) is 0 Å². The molecule has 2 N–H and O–H groups in total. The van der Waals surface area contributed by atoms with Crippen molar-refractivity contribution in [3.05, 3.63) is 48.0 Å². The van der Waals surface area contributed by atoms with Crippen molar-refractivity contribution < 1.29 is 29.3 Å². The molecule has 0 bridgehead atoms. The number of hydrogen-bond donors (Lipinski definition) is 2. The molecule has 138 valence electrons. The smallest absolute Gasteiger partial charge is 0.329 e. The number of hydrogen-bond acceptors (Lipinski definition) is 4. The fraction of sp³-hybridized carbons (Fsp3) is 0.421. The van der Waals surface area contributed by atoms with Crippen LogP contribution in [0.5, 0.6) is 0 Å². The number of rotatable bonds is 9. The fourth-order valence-corrected chi connectivity index (χ4v) is 2.25. The minimum absolute atomic E-state index is 0.127. The van der Waals surface area contributed by atoms with Gasteiger partial charge < -0.3 is 14.9 Å². The van der Waals surface area contributed by atoms with Gasteiger partial charge in [0.2, 0.25) is 5.41 Å². The molecular formula is C19H26O6. The van der Waals surface area contributed by atoms with Crippen LogP contribution < -0.4 is 0 Å². The third kappa shape index (κ3) is 5.53. The molecule has 0 saturated carbocycles. The maximum absolute atomic E-state index is 12.5. The summed E-state index contributed by atoms with van der Waals surface area (Å²) in [6.45, 7) is 10.8. The van der Waals surface area contributed by atoms with Crippen molar-refractivity contribution in [2.45, 2.75) is 33.6 Å². The van der Waals surface area contributed by atoms with Gasteiger partial charge in [0.1, 0.15) is 0 Å². The molecule has 0 fully saturated rings. The van der Waals surface area contributed by atoms with E-state index in [0.29, 0.717) is 12.0 Å². The molecule has 6 heteroatoms. The van der Waals surface area contributed by atoms with E-state index in [9.17, 15) is 24.6 Å². The van der Waals surface area contributed by atoms with Gasteiger partial charge in [-0.1, -0.05) is 37.3 Å². The van der Waals surface area contributed by atoms with E-state index in [-0.39, 0.29) is 5.56 Å². The molecule has 0 aliphatic rings. The Balaban J connectivity index is 0.00000101. The third-order valence-corrected chi connectivity index (χ3v) is 3.62. The highest BCUT2D eigenvalue weighted by molar-refractivity contribution is 6.25. The molecule has 0 spiro atoms. The minimum atomic E-state index is -2.52. The zero-order chi connectivity index (χ0) is 19.5. The molecule has 0 saturated heterocycles. The second-order valence-electron chi connectivity index (χ2n) is 5.13. The lowest BCUT2D eigenvalue weighted by atomic mass is 9.76. The van der Waals surface area contributed by atoms with Gasteiger partial charge in [-0.3, -0.25) is 14.4 Å². The number of ether oxygens (including phenoxy) is 1. The van der Waals surface area contributed by atoms with Crippen LogP contribution in [-0.4, -0.2) is 41.1 Å². The lowest BCUT2D eigenvalue weighted by Gasteiger charge is -2.23. The van der Waals surface area contributed by atoms with Crippen molar-refractivity contribution in [1.82, 2.24) is 0 Å². The largest absolute Gasteiger partial charge is 0.480 e. The number of allylic oxidation sites excluding steroid dienone is 1. The summed E-state index contributed by atoms with van der Waals surface area (Å²) >= 11 is 0. The second-order valence-corrected chi connectivity index (χ2v) is 5.13. The van der Waals surface area contributed by atoms with Gasteiger partial charge in [-0.25, -0.2) is 0 Å². The van der Waals surface area contributed by atoms with Gasteiger partial charge in [-0.05, 0) is 32.3 Å². The molecule has 1 aromatic rings. The van der Waals surface area contributed by atoms with Gasteiger partial charge in [0.25, 0.3) is 0 Å². The van der Waals surface area contributed by atoms with Crippen LogP contribution in [0, 0.1) is 5.41 Å². The highest BCUT2D eigenvalue weighted by Gasteiger charge is 2.53. The molecule has 1 rings (SSSR count). The van der Waals surface area contributed by atoms with E-state index in [1.54, 1.807) is 18.2 Å². The predicted octanol–water partition coefficient (Wildman–Crippen LogP) is 3.21. The van der Waals surface area contributed by atoms with E-state index >= 15 is 0 Å². The number of carboxylic acid groups (broad SMARTS) is 2. The zero-order valence-corrected chi connectivity index (χ0v) is 14.9. The normalized spacial score (nSPS) is 10.4. The van der Waals surface area contributed by atoms with E-state index in [0.717, 1.165) is 19.3 Å². The molecule has 0 unspecified atom stereocenters. The molecule has 0 amide bonds. The molecule has 25 heavy (non-hydrogen) atoms. The standard InChI is InChI=1S/C15H16O5.C4H10O/c1-3-9-15(13(17)18,14(19)20)12(16)11-8-6-5-7-10(11)4-2;1-3-5-4-2/h3,5-8H,1,4,9H2,2H3,(H,17,18)(H,19,20);3-4H2,1-2H3. The summed E-state index contributed by atoms with van der Waals surface area (Å²) < 4.78 is 4.83. The Bertz CT molecular complexity index is 590. The highest BCUT2D eigenvalue weighted by Crippen LogP contribution is 2.30. The van der Waals surface area contributed by atoms with E-state index in [1.165, 1.54) is 6.07 Å². The maximum Gasteiger partial charge on any atom is 0.329 e. The topological polar surface area (TPSA) is 101 Å². The lowest BCUT2D eigenvalue weighted by Crippen LogP contribution is -2.46. The van der Waals surface area contributed by atoms with Crippen molar-refractivity contribution in [2.24, 2.45) is 5.41 Å². The molecular weight excluding hydrogens is 324 g/mol. The number of carbonyl (C=O) groups excluding carboxylic acids is 1. The minimum Gasteiger partial charge on any atom is -0.480 e. The average molecular weight is 350 g/mol. The van der Waals surface area contributed by atoms with Crippen molar-refractivity contribution in [2.75, 3.05) is 13.2 Å². The number of benzene rings is 1. The third-order valence-electron chi connectivity index (χ3n) is 3.62. The van der Waals surface area contributed by atoms with Crippen LogP contribution in [0.3, 0.4) is 0 Å². The summed E-state index contributed by atoms with van der Waals surface area (Å²) in [5.41, 5.74) is -1.78. The van der Waals surface area contributed by atoms with Gasteiger partial charge in [0, 0.05) is 18.8 Å². The quantitative estimate of drug-likeness (QED) is 0.403. The van der Waals surface area contributed by atoms with E-state index < -0.39 is 29.6 Å². The first-order valence-corrected chi connectivity index (χ1v) is 8.11. The Labute approximate surface area is 148 Å². The number of carboxylic acids is 2. The first-order valence-electron chi connectivity index (χ1n) is 8.11. The SMILES string of the molecule is C=CCC(C(=O)O)(C(=O)O)C(=O)c1ccccc1CC.CCOCC. The van der Waals surface area contributed by atoms with E-state index in [2.05, 4.69) is 6.58 Å². The molecule has 0 atom stereocenters. The van der Waals surface area contributed by atoms with Gasteiger partial charge in [-0.2, -0.15) is 0 Å². The number of aryl methyl sites for hydroxylation is 1. The number of Topliss-reactive ketones (excluding diaryl/α,β-unsaturated/α-hetero) is 1. The first kappa shape index (κ1) is 22.5. The van der Waals surface area contributed by atoms with Crippen molar-refractivity contribution >= 4 is 17.7 Å². The molecule has 6 nitrogen and oxygen atoms in total. The number of carbonyl (C=O) groups is 3. The first-order chi connectivity index (χ1) is 11.8. The van der Waals surface area contributed by atoms with Crippen LogP contribution in [0.15, 0.2) is 36.9 Å². The van der Waals surface area contributed by atoms with E-state index in [4.69, 9.17) is 4.74 Å². The summed E-state index contributed by atoms with van der Waals surface area (Å²) in [6, 6.07) is 6.42. The molecule has 1 aromatic carbocycles. The summed E-state index contributed by atoms with van der Waals surface area (Å²) in [7, 11) is 0. The zero-order valence-electron chi connectivity index (χ0n) is 14.9. The molecule has 0 heterocycles. The summed E-state index contributed by atoms with van der Waals surface area (Å²) in [5, 5.41) is 18.5. The fourth-order valence-electron chi connectivity index (χ4n) is 2.25. The van der Waals surface area contributed by atoms with Gasteiger partial charge in [-0.15, -0.1) is 6.58 Å². The van der Waals surface area contributed by atoms with Crippen LogP contribution in [0.4, 0.5) is 0 Å². The van der Waals surface area contributed by atoms with Gasteiger partial charge in [0.05, 0.1) is 0 Å². The predicted molar refractivity (Wildman–Crippen MR) is 94.8 cm³/mol. The van der Waals surface area contributed by atoms with Crippen LogP contribution in [-0.2, 0) is 20.7 Å². The van der Waals surface area contributed by atoms with Gasteiger partial charge in [0.15, 0.2) is 5.78 Å². The van der Waals surface area contributed by atoms with Crippen molar-refractivity contribution in [1.29, 1.82) is 0 Å². The van der Waals surface area contributed by atoms with Crippen LogP contribution >= 0.6 is 0 Å². The maximum atomic E-state index is 12.5. The van der Waals surface area contributed by atoms with Crippen LogP contribution in [0.1, 0.15) is 43.1 Å². The van der Waals surface area contributed by atoms with Crippen molar-refractivity contribution in [3.63, 3.8) is 0 Å². The Morgan fingerprint density at radius 3 is 1.96 bits per heavy atom. The average Bonchev–Trinajstić information content (AvgIpc) is 2.59. The Morgan fingerprint density at radius 1 is 1.08 bits per heavy atom. The lowest BCUT2D eigenvalue weighted by molar-refractivity contribution is -0.160. The van der Waals surface area contributed by atoms with E-state index in [1.807, 2.05) is 20.8 Å². The Kier molecular flexibility index (Phi) is 10.0. The summed E-state index contributed by atoms with van der Waals surface area (Å²) in [5.74, 6) is -4.28. The molecule has 0 aliphatic heterocycles.